The van der Waals surface area contributed by atoms with Crippen LogP contribution < -0.4 is 10.8 Å². The van der Waals surface area contributed by atoms with Crippen LogP contribution in [0.4, 0.5) is 5.69 Å². The first-order valence-electron chi connectivity index (χ1n) is 8.21. The van der Waals surface area contributed by atoms with E-state index in [1.165, 1.54) is 0 Å². The summed E-state index contributed by atoms with van der Waals surface area (Å²) >= 11 is 0. The van der Waals surface area contributed by atoms with Crippen LogP contribution in [-0.4, -0.2) is 24.5 Å². The first kappa shape index (κ1) is 17.1. The summed E-state index contributed by atoms with van der Waals surface area (Å²) in [6, 6.07) is 16.2. The predicted octanol–water partition coefficient (Wildman–Crippen LogP) is 2.67. The van der Waals surface area contributed by atoms with Gasteiger partial charge in [0, 0.05) is 17.9 Å². The molecule has 1 unspecified atom stereocenters. The van der Waals surface area contributed by atoms with Crippen LogP contribution in [0, 0.1) is 0 Å². The summed E-state index contributed by atoms with van der Waals surface area (Å²) in [7, 11) is 0. The molecule has 0 aliphatic carbocycles. The van der Waals surface area contributed by atoms with Gasteiger partial charge in [-0.15, -0.1) is 0 Å². The van der Waals surface area contributed by atoms with Gasteiger partial charge in [-0.05, 0) is 36.6 Å². The number of nitrogens with one attached hydrogen (secondary N) is 2. The van der Waals surface area contributed by atoms with Crippen LogP contribution in [0.1, 0.15) is 28.8 Å². The Balaban J connectivity index is 1.53. The summed E-state index contributed by atoms with van der Waals surface area (Å²) < 4.78 is 5.35. The Kier molecular flexibility index (Phi) is 5.77. The van der Waals surface area contributed by atoms with E-state index in [0.29, 0.717) is 17.9 Å². The lowest BCUT2D eigenvalue weighted by Gasteiger charge is -2.11. The Labute approximate surface area is 146 Å². The number of hydrogen-bond acceptors (Lipinski definition) is 4. The van der Waals surface area contributed by atoms with Crippen molar-refractivity contribution < 1.29 is 19.2 Å². The lowest BCUT2D eigenvalue weighted by Crippen LogP contribution is -2.27. The number of benzene rings is 2. The average Bonchev–Trinajstić information content (AvgIpc) is 3.18. The molecule has 6 nitrogen and oxygen atoms in total. The number of hydroxylamine groups is 1. The van der Waals surface area contributed by atoms with Crippen molar-refractivity contribution in [3.8, 4) is 0 Å². The van der Waals surface area contributed by atoms with Gasteiger partial charge in [-0.1, -0.05) is 36.4 Å². The van der Waals surface area contributed by atoms with Gasteiger partial charge >= 0.3 is 0 Å². The van der Waals surface area contributed by atoms with Crippen LogP contribution in [0.15, 0.2) is 54.6 Å². The van der Waals surface area contributed by atoms with Gasteiger partial charge in [0.1, 0.15) is 6.10 Å². The highest BCUT2D eigenvalue weighted by atomic mass is 16.6. The van der Waals surface area contributed by atoms with Gasteiger partial charge < -0.3 is 10.1 Å². The second-order valence-corrected chi connectivity index (χ2v) is 5.78. The van der Waals surface area contributed by atoms with Gasteiger partial charge in [0.15, 0.2) is 0 Å². The van der Waals surface area contributed by atoms with E-state index in [-0.39, 0.29) is 18.4 Å². The van der Waals surface area contributed by atoms with Crippen LogP contribution in [0.25, 0.3) is 0 Å². The highest BCUT2D eigenvalue weighted by Gasteiger charge is 2.23. The SMILES string of the molecule is O=C(NOCc1ccccc1)c1cccc(NC(=O)C2CCCO2)c1. The molecule has 2 N–H and O–H groups in total. The minimum atomic E-state index is -0.410. The zero-order valence-corrected chi connectivity index (χ0v) is 13.7. The monoisotopic (exact) mass is 340 g/mol. The molecule has 0 radical (unpaired) electrons. The zero-order chi connectivity index (χ0) is 17.5. The van der Waals surface area contributed by atoms with Crippen molar-refractivity contribution >= 4 is 17.5 Å². The molecule has 1 aliphatic rings. The fourth-order valence-electron chi connectivity index (χ4n) is 2.56. The molecule has 1 aliphatic heterocycles. The van der Waals surface area contributed by atoms with Crippen molar-refractivity contribution in [2.75, 3.05) is 11.9 Å². The van der Waals surface area contributed by atoms with Gasteiger partial charge in [0.05, 0.1) is 6.61 Å². The number of ether oxygens (including phenoxy) is 1. The van der Waals surface area contributed by atoms with Gasteiger partial charge in [-0.3, -0.25) is 14.4 Å². The van der Waals surface area contributed by atoms with Crippen LogP contribution in [0.5, 0.6) is 0 Å². The van der Waals surface area contributed by atoms with Gasteiger partial charge in [-0.2, -0.15) is 0 Å². The number of anilines is 1. The minimum absolute atomic E-state index is 0.185. The maximum absolute atomic E-state index is 12.2. The third-order valence-corrected chi connectivity index (χ3v) is 3.86. The van der Waals surface area contributed by atoms with Crippen molar-refractivity contribution in [1.82, 2.24) is 5.48 Å². The van der Waals surface area contributed by atoms with Gasteiger partial charge in [0.2, 0.25) is 0 Å². The average molecular weight is 340 g/mol. The zero-order valence-electron chi connectivity index (χ0n) is 13.7. The summed E-state index contributed by atoms with van der Waals surface area (Å²) in [4.78, 5) is 29.5. The van der Waals surface area contributed by atoms with E-state index < -0.39 is 6.10 Å². The number of carbonyl (C=O) groups is 2. The number of rotatable bonds is 6. The van der Waals surface area contributed by atoms with E-state index >= 15 is 0 Å². The molecule has 1 heterocycles. The molecule has 25 heavy (non-hydrogen) atoms. The normalized spacial score (nSPS) is 16.4. The molecular weight excluding hydrogens is 320 g/mol. The lowest BCUT2D eigenvalue weighted by molar-refractivity contribution is -0.124. The van der Waals surface area contributed by atoms with Crippen molar-refractivity contribution in [2.24, 2.45) is 0 Å². The van der Waals surface area contributed by atoms with Crippen LogP contribution in [0.2, 0.25) is 0 Å². The molecule has 0 aromatic heterocycles. The number of hydrogen-bond donors (Lipinski definition) is 2. The summed E-state index contributed by atoms with van der Waals surface area (Å²) in [5.74, 6) is -0.556. The molecule has 130 valence electrons. The molecular formula is C19H20N2O4. The first-order valence-corrected chi connectivity index (χ1v) is 8.21. The predicted molar refractivity (Wildman–Crippen MR) is 92.7 cm³/mol. The van der Waals surface area contributed by atoms with Gasteiger partial charge in [-0.25, -0.2) is 5.48 Å². The Morgan fingerprint density at radius 2 is 1.96 bits per heavy atom. The molecule has 0 bridgehead atoms. The fraction of sp³-hybridized carbons (Fsp3) is 0.263. The van der Waals surface area contributed by atoms with E-state index in [0.717, 1.165) is 18.4 Å². The Bertz CT molecular complexity index is 727. The molecule has 6 heteroatoms. The minimum Gasteiger partial charge on any atom is -0.368 e. The molecule has 3 rings (SSSR count). The second kappa shape index (κ2) is 8.41. The molecule has 2 amide bonds. The molecule has 1 saturated heterocycles. The summed E-state index contributed by atoms with van der Waals surface area (Å²) in [5, 5.41) is 2.78. The Morgan fingerprint density at radius 3 is 2.72 bits per heavy atom. The highest BCUT2D eigenvalue weighted by molar-refractivity contribution is 5.98. The van der Waals surface area contributed by atoms with E-state index in [1.54, 1.807) is 24.3 Å². The third kappa shape index (κ3) is 4.89. The van der Waals surface area contributed by atoms with E-state index in [4.69, 9.17) is 9.57 Å². The topological polar surface area (TPSA) is 76.7 Å². The first-order chi connectivity index (χ1) is 12.2. The van der Waals surface area contributed by atoms with Gasteiger partial charge in [0.25, 0.3) is 11.8 Å². The number of amides is 2. The summed E-state index contributed by atoms with van der Waals surface area (Å²) in [6.07, 6.45) is 1.20. The molecule has 2 aromatic carbocycles. The molecule has 2 aromatic rings. The maximum atomic E-state index is 12.2. The molecule has 0 spiro atoms. The van der Waals surface area contributed by atoms with Crippen LogP contribution in [-0.2, 0) is 21.0 Å². The van der Waals surface area contributed by atoms with Crippen molar-refractivity contribution in [3.63, 3.8) is 0 Å². The van der Waals surface area contributed by atoms with Crippen LogP contribution >= 0.6 is 0 Å². The second-order valence-electron chi connectivity index (χ2n) is 5.78. The highest BCUT2D eigenvalue weighted by Crippen LogP contribution is 2.16. The molecule has 1 fully saturated rings. The van der Waals surface area contributed by atoms with Crippen molar-refractivity contribution in [3.05, 3.63) is 65.7 Å². The summed E-state index contributed by atoms with van der Waals surface area (Å²) in [6.45, 7) is 0.890. The maximum Gasteiger partial charge on any atom is 0.274 e. The van der Waals surface area contributed by atoms with Crippen molar-refractivity contribution in [2.45, 2.75) is 25.6 Å². The largest absolute Gasteiger partial charge is 0.368 e. The quantitative estimate of drug-likeness (QED) is 0.793. The lowest BCUT2D eigenvalue weighted by atomic mass is 10.1. The molecule has 1 atom stereocenters. The van der Waals surface area contributed by atoms with E-state index in [9.17, 15) is 9.59 Å². The third-order valence-electron chi connectivity index (χ3n) is 3.86. The fourth-order valence-corrected chi connectivity index (χ4v) is 2.56. The molecule has 0 saturated carbocycles. The number of carbonyl (C=O) groups excluding carboxylic acids is 2. The Morgan fingerprint density at radius 1 is 1.12 bits per heavy atom. The smallest absolute Gasteiger partial charge is 0.274 e. The van der Waals surface area contributed by atoms with E-state index in [2.05, 4.69) is 10.8 Å². The van der Waals surface area contributed by atoms with E-state index in [1.807, 2.05) is 30.3 Å². The standard InChI is InChI=1S/C19H20N2O4/c22-18(21-25-13-14-6-2-1-3-7-14)15-8-4-9-16(12-15)20-19(23)17-10-5-11-24-17/h1-4,6-9,12,17H,5,10-11,13H2,(H,20,23)(H,21,22). The van der Waals surface area contributed by atoms with Crippen LogP contribution in [0.3, 0.4) is 0 Å². The van der Waals surface area contributed by atoms with Crippen molar-refractivity contribution in [1.29, 1.82) is 0 Å². The summed E-state index contributed by atoms with van der Waals surface area (Å²) in [5.41, 5.74) is 4.32. The Hall–Kier alpha value is -2.70.